The van der Waals surface area contributed by atoms with Gasteiger partial charge in [-0.05, 0) is 23.8 Å². The van der Waals surface area contributed by atoms with Crippen LogP contribution in [0.3, 0.4) is 0 Å². The van der Waals surface area contributed by atoms with Crippen LogP contribution in [0, 0.1) is 0 Å². The molecule has 2 N–H and O–H groups in total. The molecule has 2 aromatic rings. The standard InChI is InChI=1S/C15H13N3O/c19-15-13(10-12-7-4-8-16-12)14(17-18-15)9-11-5-2-1-3-6-11/h1-8,10,16H,9H2,(H,18,19)/b13-10+. The minimum absolute atomic E-state index is 0.152. The molecule has 0 atom stereocenters. The van der Waals surface area contributed by atoms with Crippen LogP contribution in [0.2, 0.25) is 0 Å². The van der Waals surface area contributed by atoms with Gasteiger partial charge in [0.25, 0.3) is 5.91 Å². The first kappa shape index (κ1) is 11.5. The molecule has 1 amide bonds. The van der Waals surface area contributed by atoms with E-state index in [1.54, 1.807) is 0 Å². The second-order valence-corrected chi connectivity index (χ2v) is 4.35. The average Bonchev–Trinajstić information content (AvgIpc) is 3.05. The maximum absolute atomic E-state index is 11.8. The Bertz CT molecular complexity index is 639. The molecule has 1 aromatic carbocycles. The number of aromatic amines is 1. The Labute approximate surface area is 110 Å². The summed E-state index contributed by atoms with van der Waals surface area (Å²) in [6, 6.07) is 13.8. The molecule has 0 unspecified atom stereocenters. The smallest absolute Gasteiger partial charge is 0.273 e. The molecule has 19 heavy (non-hydrogen) atoms. The predicted octanol–water partition coefficient (Wildman–Crippen LogP) is 2.13. The van der Waals surface area contributed by atoms with Gasteiger partial charge in [0.15, 0.2) is 0 Å². The summed E-state index contributed by atoms with van der Waals surface area (Å²) < 4.78 is 0. The second-order valence-electron chi connectivity index (χ2n) is 4.35. The molecular formula is C15H13N3O. The molecule has 0 saturated heterocycles. The van der Waals surface area contributed by atoms with Crippen molar-refractivity contribution in [2.24, 2.45) is 5.10 Å². The molecule has 0 aliphatic carbocycles. The van der Waals surface area contributed by atoms with E-state index < -0.39 is 0 Å². The zero-order valence-corrected chi connectivity index (χ0v) is 10.3. The van der Waals surface area contributed by atoms with Crippen LogP contribution in [0.1, 0.15) is 11.3 Å². The highest BCUT2D eigenvalue weighted by molar-refractivity contribution is 6.27. The van der Waals surface area contributed by atoms with Crippen molar-refractivity contribution in [2.45, 2.75) is 6.42 Å². The highest BCUT2D eigenvalue weighted by atomic mass is 16.2. The van der Waals surface area contributed by atoms with Crippen LogP contribution < -0.4 is 5.43 Å². The summed E-state index contributed by atoms with van der Waals surface area (Å²) in [4.78, 5) is 14.9. The lowest BCUT2D eigenvalue weighted by atomic mass is 10.0. The third-order valence-corrected chi connectivity index (χ3v) is 2.98. The summed E-state index contributed by atoms with van der Waals surface area (Å²) in [5, 5.41) is 4.11. The lowest BCUT2D eigenvalue weighted by Crippen LogP contribution is -2.14. The normalized spacial score (nSPS) is 16.5. The summed E-state index contributed by atoms with van der Waals surface area (Å²) in [7, 11) is 0. The number of hydrazone groups is 1. The average molecular weight is 251 g/mol. The number of H-pyrrole nitrogens is 1. The van der Waals surface area contributed by atoms with Crippen LogP contribution in [0.25, 0.3) is 6.08 Å². The Kier molecular flexibility index (Phi) is 2.98. The molecule has 0 saturated carbocycles. The monoisotopic (exact) mass is 251 g/mol. The first-order valence-corrected chi connectivity index (χ1v) is 6.09. The van der Waals surface area contributed by atoms with Crippen molar-refractivity contribution in [1.29, 1.82) is 0 Å². The van der Waals surface area contributed by atoms with Crippen LogP contribution >= 0.6 is 0 Å². The van der Waals surface area contributed by atoms with Gasteiger partial charge in [-0.3, -0.25) is 4.79 Å². The summed E-state index contributed by atoms with van der Waals surface area (Å²) in [5.74, 6) is -0.152. The van der Waals surface area contributed by atoms with E-state index >= 15 is 0 Å². The van der Waals surface area contributed by atoms with E-state index in [0.29, 0.717) is 12.0 Å². The number of amides is 1. The lowest BCUT2D eigenvalue weighted by Gasteiger charge is -2.01. The first-order chi connectivity index (χ1) is 9.33. The minimum atomic E-state index is -0.152. The molecule has 4 nitrogen and oxygen atoms in total. The van der Waals surface area contributed by atoms with Crippen molar-refractivity contribution in [3.8, 4) is 0 Å². The molecule has 0 bridgehead atoms. The van der Waals surface area contributed by atoms with Gasteiger partial charge >= 0.3 is 0 Å². The van der Waals surface area contributed by atoms with Crippen LogP contribution in [0.4, 0.5) is 0 Å². The van der Waals surface area contributed by atoms with Crippen LogP contribution in [0.5, 0.6) is 0 Å². The molecule has 1 aliphatic heterocycles. The van der Waals surface area contributed by atoms with Crippen molar-refractivity contribution in [3.63, 3.8) is 0 Å². The fourth-order valence-corrected chi connectivity index (χ4v) is 2.03. The lowest BCUT2D eigenvalue weighted by molar-refractivity contribution is -0.116. The first-order valence-electron chi connectivity index (χ1n) is 6.09. The van der Waals surface area contributed by atoms with Gasteiger partial charge in [0.1, 0.15) is 0 Å². The number of hydrogen-bond acceptors (Lipinski definition) is 2. The fraction of sp³-hybridized carbons (Fsp3) is 0.0667. The molecule has 0 spiro atoms. The predicted molar refractivity (Wildman–Crippen MR) is 74.5 cm³/mol. The number of rotatable bonds is 3. The van der Waals surface area contributed by atoms with E-state index in [0.717, 1.165) is 17.0 Å². The molecule has 1 aliphatic rings. The number of nitrogens with one attached hydrogen (secondary N) is 2. The van der Waals surface area contributed by atoms with Crippen LogP contribution in [-0.2, 0) is 11.2 Å². The third kappa shape index (κ3) is 2.47. The van der Waals surface area contributed by atoms with Crippen molar-refractivity contribution in [2.75, 3.05) is 0 Å². The number of carbonyl (C=O) groups is 1. The Balaban J connectivity index is 1.87. The van der Waals surface area contributed by atoms with Crippen molar-refractivity contribution < 1.29 is 4.79 Å². The molecule has 1 aromatic heterocycles. The summed E-state index contributed by atoms with van der Waals surface area (Å²) >= 11 is 0. The zero-order valence-electron chi connectivity index (χ0n) is 10.3. The van der Waals surface area contributed by atoms with Gasteiger partial charge in [-0.2, -0.15) is 5.10 Å². The summed E-state index contributed by atoms with van der Waals surface area (Å²) in [5.41, 5.74) is 5.94. The Morgan fingerprint density at radius 2 is 1.95 bits per heavy atom. The maximum atomic E-state index is 11.8. The number of benzene rings is 1. The van der Waals surface area contributed by atoms with Gasteiger partial charge in [0.2, 0.25) is 0 Å². The van der Waals surface area contributed by atoms with Crippen molar-refractivity contribution in [1.82, 2.24) is 10.4 Å². The quantitative estimate of drug-likeness (QED) is 0.807. The largest absolute Gasteiger partial charge is 0.362 e. The van der Waals surface area contributed by atoms with Crippen molar-refractivity contribution >= 4 is 17.7 Å². The van der Waals surface area contributed by atoms with E-state index in [4.69, 9.17) is 0 Å². The SMILES string of the molecule is O=C1NN=C(Cc2ccccc2)/C1=C\c1ccc[nH]1. The second kappa shape index (κ2) is 4.94. The van der Waals surface area contributed by atoms with Gasteiger partial charge < -0.3 is 4.98 Å². The van der Waals surface area contributed by atoms with E-state index in [-0.39, 0.29) is 5.91 Å². The molecule has 3 rings (SSSR count). The summed E-state index contributed by atoms with van der Waals surface area (Å²) in [6.07, 6.45) is 4.30. The van der Waals surface area contributed by atoms with E-state index in [9.17, 15) is 4.79 Å². The minimum Gasteiger partial charge on any atom is -0.362 e. The van der Waals surface area contributed by atoms with E-state index in [2.05, 4.69) is 15.5 Å². The van der Waals surface area contributed by atoms with Gasteiger partial charge in [0.05, 0.1) is 11.3 Å². The Morgan fingerprint density at radius 3 is 2.68 bits per heavy atom. The van der Waals surface area contributed by atoms with Gasteiger partial charge in [-0.25, -0.2) is 5.43 Å². The molecule has 4 heteroatoms. The number of aromatic nitrogens is 1. The third-order valence-electron chi connectivity index (χ3n) is 2.98. The van der Waals surface area contributed by atoms with E-state index in [1.165, 1.54) is 0 Å². The Hall–Kier alpha value is -2.62. The van der Waals surface area contributed by atoms with Crippen LogP contribution in [-0.4, -0.2) is 16.6 Å². The van der Waals surface area contributed by atoms with Gasteiger partial charge in [0, 0.05) is 18.3 Å². The number of hydrogen-bond donors (Lipinski definition) is 2. The maximum Gasteiger partial charge on any atom is 0.273 e. The highest BCUT2D eigenvalue weighted by Crippen LogP contribution is 2.14. The molecule has 0 fully saturated rings. The topological polar surface area (TPSA) is 57.2 Å². The van der Waals surface area contributed by atoms with Gasteiger partial charge in [-0.1, -0.05) is 30.3 Å². The molecule has 0 radical (unpaired) electrons. The van der Waals surface area contributed by atoms with Crippen molar-refractivity contribution in [3.05, 3.63) is 65.5 Å². The van der Waals surface area contributed by atoms with Gasteiger partial charge in [-0.15, -0.1) is 0 Å². The fourth-order valence-electron chi connectivity index (χ4n) is 2.03. The number of carbonyl (C=O) groups excluding carboxylic acids is 1. The zero-order chi connectivity index (χ0) is 13.1. The molecule has 2 heterocycles. The highest BCUT2D eigenvalue weighted by Gasteiger charge is 2.22. The summed E-state index contributed by atoms with van der Waals surface area (Å²) in [6.45, 7) is 0. The van der Waals surface area contributed by atoms with E-state index in [1.807, 2.05) is 54.7 Å². The Morgan fingerprint density at radius 1 is 1.11 bits per heavy atom. The number of nitrogens with zero attached hydrogens (tertiary/aromatic N) is 1. The molecular weight excluding hydrogens is 238 g/mol. The van der Waals surface area contributed by atoms with Crippen LogP contribution in [0.15, 0.2) is 59.3 Å². The molecule has 94 valence electrons.